The maximum Gasteiger partial charge on any atom is 0.407 e. The molecule has 1 atom stereocenters. The van der Waals surface area contributed by atoms with E-state index >= 15 is 0 Å². The number of carbonyl (C=O) groups excluding carboxylic acids is 3. The van der Waals surface area contributed by atoms with Gasteiger partial charge in [-0.25, -0.2) is 14.4 Å². The molecule has 1 aliphatic heterocycles. The Hall–Kier alpha value is -3.46. The zero-order valence-corrected chi connectivity index (χ0v) is 36.2. The number of benzene rings is 2. The number of nitrogens with zero attached hydrogens (tertiary/aromatic N) is 2. The molecule has 2 aromatic carbocycles. The SMILES string of the molecule is COc1cc(C(=O)OC(CCCOc2cc(C(=O)OC(C)(C)C)cc(Cl)c2Br)CCN2CCCN(CCCNC(=O)OC(C)(C)C)CC2)cc(OC)c1OC. The first-order chi connectivity index (χ1) is 25.9. The predicted octanol–water partition coefficient (Wildman–Crippen LogP) is 7.78. The van der Waals surface area contributed by atoms with Crippen LogP contribution < -0.4 is 24.3 Å². The summed E-state index contributed by atoms with van der Waals surface area (Å²) in [6, 6.07) is 6.30. The van der Waals surface area contributed by atoms with E-state index in [2.05, 4.69) is 31.0 Å². The predicted molar refractivity (Wildman–Crippen MR) is 215 cm³/mol. The van der Waals surface area contributed by atoms with Crippen LogP contribution in [0.2, 0.25) is 5.02 Å². The summed E-state index contributed by atoms with van der Waals surface area (Å²) in [5, 5.41) is 3.16. The highest BCUT2D eigenvalue weighted by Crippen LogP contribution is 2.39. The van der Waals surface area contributed by atoms with Gasteiger partial charge in [-0.05, 0) is 133 Å². The summed E-state index contributed by atoms with van der Waals surface area (Å²) >= 11 is 9.90. The summed E-state index contributed by atoms with van der Waals surface area (Å²) in [6.45, 7) is 17.0. The fourth-order valence-corrected chi connectivity index (χ4v) is 6.46. The molecule has 0 aromatic heterocycles. The maximum absolute atomic E-state index is 13.6. The number of alkyl carbamates (subject to hydrolysis) is 1. The van der Waals surface area contributed by atoms with Crippen molar-refractivity contribution >= 4 is 45.6 Å². The van der Waals surface area contributed by atoms with Crippen molar-refractivity contribution in [1.82, 2.24) is 15.1 Å². The molecule has 1 N–H and O–H groups in total. The Bertz CT molecular complexity index is 1550. The number of rotatable bonds is 18. The van der Waals surface area contributed by atoms with Gasteiger partial charge in [0.25, 0.3) is 0 Å². The van der Waals surface area contributed by atoms with E-state index in [0.717, 1.165) is 52.1 Å². The lowest BCUT2D eigenvalue weighted by Gasteiger charge is -2.25. The van der Waals surface area contributed by atoms with Gasteiger partial charge in [0.1, 0.15) is 23.1 Å². The summed E-state index contributed by atoms with van der Waals surface area (Å²) in [4.78, 5) is 43.1. The molecule has 3 rings (SSSR count). The first-order valence-electron chi connectivity index (χ1n) is 18.7. The summed E-state index contributed by atoms with van der Waals surface area (Å²) < 4.78 is 39.9. The van der Waals surface area contributed by atoms with Crippen molar-refractivity contribution in [3.63, 3.8) is 0 Å². The monoisotopic (exact) mass is 855 g/mol. The summed E-state index contributed by atoms with van der Waals surface area (Å²) in [6.07, 6.45) is 2.70. The zero-order chi connectivity index (χ0) is 40.8. The Balaban J connectivity index is 1.64. The smallest absolute Gasteiger partial charge is 0.407 e. The Labute approximate surface area is 339 Å². The third kappa shape index (κ3) is 15.9. The van der Waals surface area contributed by atoms with Crippen LogP contribution in [0.5, 0.6) is 23.0 Å². The van der Waals surface area contributed by atoms with E-state index in [1.54, 1.807) is 39.0 Å². The van der Waals surface area contributed by atoms with Gasteiger partial charge in [0.15, 0.2) is 11.5 Å². The number of carbonyl (C=O) groups is 3. The number of hydrogen-bond donors (Lipinski definition) is 1. The van der Waals surface area contributed by atoms with Crippen LogP contribution in [0.3, 0.4) is 0 Å². The van der Waals surface area contributed by atoms with E-state index in [-0.39, 0.29) is 17.7 Å². The highest BCUT2D eigenvalue weighted by Gasteiger charge is 2.24. The van der Waals surface area contributed by atoms with Crippen LogP contribution in [0.15, 0.2) is 28.7 Å². The lowest BCUT2D eigenvalue weighted by atomic mass is 10.1. The highest BCUT2D eigenvalue weighted by atomic mass is 79.9. The Kier molecular flexibility index (Phi) is 18.2. The van der Waals surface area contributed by atoms with E-state index in [1.165, 1.54) is 27.4 Å². The summed E-state index contributed by atoms with van der Waals surface area (Å²) in [7, 11) is 4.49. The Morgan fingerprint density at radius 2 is 1.35 bits per heavy atom. The molecule has 0 spiro atoms. The minimum absolute atomic E-state index is 0.278. The quantitative estimate of drug-likeness (QED) is 0.0892. The van der Waals surface area contributed by atoms with Crippen molar-refractivity contribution in [3.05, 3.63) is 44.9 Å². The van der Waals surface area contributed by atoms with Crippen LogP contribution in [0.1, 0.15) is 94.4 Å². The standard InChI is InChI=1S/C40H59BrClN3O10/c1-39(2,3)54-37(47)27-23-30(42)34(41)31(24-27)52-22-10-13-29(53-36(46)28-25-32(49-7)35(51-9)33(26-28)50-8)14-19-45-18-12-17-44(20-21-45)16-11-15-43-38(48)55-40(4,5)6/h23-26,29H,10-22H2,1-9H3,(H,43,48). The van der Waals surface area contributed by atoms with Gasteiger partial charge >= 0.3 is 18.0 Å². The normalized spacial score (nSPS) is 14.7. The number of esters is 2. The van der Waals surface area contributed by atoms with E-state index in [0.29, 0.717) is 58.3 Å². The van der Waals surface area contributed by atoms with Crippen molar-refractivity contribution < 1.29 is 47.5 Å². The fraction of sp³-hybridized carbons (Fsp3) is 0.625. The number of methoxy groups -OCH3 is 3. The lowest BCUT2D eigenvalue weighted by Crippen LogP contribution is -2.36. The van der Waals surface area contributed by atoms with Crippen molar-refractivity contribution in [1.29, 1.82) is 0 Å². The van der Waals surface area contributed by atoms with Gasteiger partial charge in [0.2, 0.25) is 5.75 Å². The topological polar surface area (TPSA) is 134 Å². The minimum Gasteiger partial charge on any atom is -0.493 e. The maximum atomic E-state index is 13.6. The first-order valence-corrected chi connectivity index (χ1v) is 19.9. The van der Waals surface area contributed by atoms with Gasteiger partial charge in [-0.1, -0.05) is 11.6 Å². The molecular weight excluding hydrogens is 798 g/mol. The highest BCUT2D eigenvalue weighted by molar-refractivity contribution is 9.10. The van der Waals surface area contributed by atoms with Crippen LogP contribution in [0.4, 0.5) is 4.79 Å². The number of nitrogens with one attached hydrogen (secondary N) is 1. The van der Waals surface area contributed by atoms with E-state index < -0.39 is 35.3 Å². The number of amides is 1. The molecule has 2 aromatic rings. The molecule has 1 saturated heterocycles. The molecule has 1 amide bonds. The van der Waals surface area contributed by atoms with Gasteiger partial charge in [-0.2, -0.15) is 0 Å². The molecule has 308 valence electrons. The van der Waals surface area contributed by atoms with Crippen LogP contribution in [-0.2, 0) is 14.2 Å². The van der Waals surface area contributed by atoms with Gasteiger partial charge in [-0.3, -0.25) is 0 Å². The van der Waals surface area contributed by atoms with Crippen LogP contribution >= 0.6 is 27.5 Å². The molecule has 55 heavy (non-hydrogen) atoms. The molecule has 0 saturated carbocycles. The second-order valence-electron chi connectivity index (χ2n) is 15.3. The Morgan fingerprint density at radius 1 is 0.764 bits per heavy atom. The molecule has 13 nitrogen and oxygen atoms in total. The molecule has 1 unspecified atom stereocenters. The Morgan fingerprint density at radius 3 is 1.93 bits per heavy atom. The average molecular weight is 857 g/mol. The van der Waals surface area contributed by atoms with Crippen molar-refractivity contribution in [2.45, 2.75) is 91.0 Å². The molecule has 1 fully saturated rings. The zero-order valence-electron chi connectivity index (χ0n) is 33.8. The number of ether oxygens (including phenoxy) is 7. The van der Waals surface area contributed by atoms with Gasteiger partial charge in [-0.15, -0.1) is 0 Å². The van der Waals surface area contributed by atoms with E-state index in [4.69, 9.17) is 44.8 Å². The lowest BCUT2D eigenvalue weighted by molar-refractivity contribution is 0.00682. The van der Waals surface area contributed by atoms with Gasteiger partial charge in [0, 0.05) is 26.2 Å². The fourth-order valence-electron chi connectivity index (χ4n) is 5.90. The number of halogens is 2. The first kappa shape index (κ1) is 45.9. The van der Waals surface area contributed by atoms with Crippen molar-refractivity contribution in [2.24, 2.45) is 0 Å². The van der Waals surface area contributed by atoms with Gasteiger partial charge in [0.05, 0.1) is 48.6 Å². The van der Waals surface area contributed by atoms with E-state index in [9.17, 15) is 14.4 Å². The van der Waals surface area contributed by atoms with Gasteiger partial charge < -0.3 is 48.3 Å². The molecule has 15 heteroatoms. The molecule has 0 bridgehead atoms. The minimum atomic E-state index is -0.666. The average Bonchev–Trinajstić information content (AvgIpc) is 3.35. The van der Waals surface area contributed by atoms with Crippen LogP contribution in [0.25, 0.3) is 0 Å². The second kappa shape index (κ2) is 21.7. The van der Waals surface area contributed by atoms with Crippen LogP contribution in [0, 0.1) is 0 Å². The molecule has 0 radical (unpaired) electrons. The molecular formula is C40H59BrClN3O10. The number of hydrogen-bond acceptors (Lipinski definition) is 12. The van der Waals surface area contributed by atoms with E-state index in [1.807, 2.05) is 20.8 Å². The largest absolute Gasteiger partial charge is 0.493 e. The molecule has 1 heterocycles. The molecule has 1 aliphatic rings. The third-order valence-corrected chi connectivity index (χ3v) is 9.84. The summed E-state index contributed by atoms with van der Waals surface area (Å²) in [5.74, 6) is 0.489. The second-order valence-corrected chi connectivity index (χ2v) is 16.5. The van der Waals surface area contributed by atoms with Crippen molar-refractivity contribution in [2.75, 3.05) is 73.7 Å². The third-order valence-electron chi connectivity index (χ3n) is 8.50. The molecule has 0 aliphatic carbocycles. The summed E-state index contributed by atoms with van der Waals surface area (Å²) in [5.41, 5.74) is -0.631. The van der Waals surface area contributed by atoms with Crippen LogP contribution in [-0.4, -0.2) is 119 Å². The van der Waals surface area contributed by atoms with Crippen molar-refractivity contribution in [3.8, 4) is 23.0 Å².